The fraction of sp³-hybridized carbons (Fsp3) is 0.375. The third kappa shape index (κ3) is 2.01. The third-order valence-electron chi connectivity index (χ3n) is 4.44. The lowest BCUT2D eigenvalue weighted by Crippen LogP contribution is -2.42. The standard InChI is InChI=1S/C16H17NO3/c1-9-4-2-3-5-12(9)17-15(18)13-10-6-7-11(8-10)14(13)16(19)20/h2-7,10-11,13-14H,8H2,1H3,(H,17,18)(H,19,20)/p-1/t10-,11+,13-,14+/m1/s1. The molecular weight excluding hydrogens is 254 g/mol. The van der Waals surface area contributed by atoms with Crippen molar-refractivity contribution in [2.24, 2.45) is 23.7 Å². The molecule has 4 atom stereocenters. The van der Waals surface area contributed by atoms with Crippen LogP contribution in [0, 0.1) is 30.6 Å². The van der Waals surface area contributed by atoms with Gasteiger partial charge in [0.15, 0.2) is 0 Å². The summed E-state index contributed by atoms with van der Waals surface area (Å²) in [7, 11) is 0. The Kier molecular flexibility index (Phi) is 3.08. The van der Waals surface area contributed by atoms with Gasteiger partial charge in [-0.1, -0.05) is 30.4 Å². The number of aryl methyl sites for hydroxylation is 1. The minimum Gasteiger partial charge on any atom is -0.550 e. The molecule has 4 nitrogen and oxygen atoms in total. The van der Waals surface area contributed by atoms with E-state index in [4.69, 9.17) is 0 Å². The number of amides is 1. The van der Waals surface area contributed by atoms with Gasteiger partial charge in [0.25, 0.3) is 0 Å². The van der Waals surface area contributed by atoms with Crippen LogP contribution in [0.15, 0.2) is 36.4 Å². The molecule has 0 saturated heterocycles. The highest BCUT2D eigenvalue weighted by atomic mass is 16.4. The van der Waals surface area contributed by atoms with Gasteiger partial charge in [-0.05, 0) is 36.8 Å². The van der Waals surface area contributed by atoms with E-state index in [0.29, 0.717) is 0 Å². The highest BCUT2D eigenvalue weighted by Crippen LogP contribution is 2.48. The van der Waals surface area contributed by atoms with Gasteiger partial charge in [-0.2, -0.15) is 0 Å². The number of hydrogen-bond donors (Lipinski definition) is 1. The molecule has 4 heteroatoms. The Morgan fingerprint density at radius 2 is 1.80 bits per heavy atom. The summed E-state index contributed by atoms with van der Waals surface area (Å²) >= 11 is 0. The molecule has 0 spiro atoms. The average Bonchev–Trinajstić information content (AvgIpc) is 3.01. The van der Waals surface area contributed by atoms with E-state index in [1.54, 1.807) is 0 Å². The smallest absolute Gasteiger partial charge is 0.228 e. The zero-order valence-corrected chi connectivity index (χ0v) is 11.2. The molecule has 1 saturated carbocycles. The molecule has 0 aromatic heterocycles. The van der Waals surface area contributed by atoms with Crippen LogP contribution in [0.2, 0.25) is 0 Å². The van der Waals surface area contributed by atoms with Gasteiger partial charge in [-0.25, -0.2) is 0 Å². The highest BCUT2D eigenvalue weighted by Gasteiger charge is 2.48. The Morgan fingerprint density at radius 1 is 1.15 bits per heavy atom. The Morgan fingerprint density at radius 3 is 2.45 bits per heavy atom. The molecule has 2 aliphatic carbocycles. The molecule has 1 fully saturated rings. The fourth-order valence-corrected chi connectivity index (χ4v) is 3.43. The van der Waals surface area contributed by atoms with Crippen LogP contribution in [0.4, 0.5) is 5.69 Å². The summed E-state index contributed by atoms with van der Waals surface area (Å²) in [6, 6.07) is 7.48. The van der Waals surface area contributed by atoms with Crippen molar-refractivity contribution in [2.75, 3.05) is 5.32 Å². The molecule has 2 aliphatic rings. The van der Waals surface area contributed by atoms with E-state index in [2.05, 4.69) is 5.32 Å². The maximum Gasteiger partial charge on any atom is 0.228 e. The molecule has 2 bridgehead atoms. The van der Waals surface area contributed by atoms with Crippen molar-refractivity contribution in [1.29, 1.82) is 0 Å². The number of nitrogens with one attached hydrogen (secondary N) is 1. The van der Waals surface area contributed by atoms with E-state index < -0.39 is 17.8 Å². The molecular formula is C16H16NO3-. The van der Waals surface area contributed by atoms with E-state index in [1.165, 1.54) is 0 Å². The molecule has 0 unspecified atom stereocenters. The number of rotatable bonds is 3. The number of carboxylic acids is 1. The number of carbonyl (C=O) groups is 2. The van der Waals surface area contributed by atoms with Crippen LogP contribution >= 0.6 is 0 Å². The Hall–Kier alpha value is -2.10. The lowest BCUT2D eigenvalue weighted by Gasteiger charge is -2.28. The van der Waals surface area contributed by atoms with Crippen LogP contribution < -0.4 is 10.4 Å². The van der Waals surface area contributed by atoms with Crippen molar-refractivity contribution in [3.05, 3.63) is 42.0 Å². The van der Waals surface area contributed by atoms with Gasteiger partial charge in [0, 0.05) is 17.6 Å². The second-order valence-electron chi connectivity index (χ2n) is 5.62. The zero-order valence-electron chi connectivity index (χ0n) is 11.2. The Balaban J connectivity index is 1.82. The molecule has 20 heavy (non-hydrogen) atoms. The summed E-state index contributed by atoms with van der Waals surface area (Å²) in [6.07, 6.45) is 4.61. The summed E-state index contributed by atoms with van der Waals surface area (Å²) in [5, 5.41) is 14.2. The van der Waals surface area contributed by atoms with Gasteiger partial charge < -0.3 is 15.2 Å². The quantitative estimate of drug-likeness (QED) is 0.837. The van der Waals surface area contributed by atoms with Crippen LogP contribution in [0.5, 0.6) is 0 Å². The maximum atomic E-state index is 12.4. The van der Waals surface area contributed by atoms with Crippen molar-refractivity contribution >= 4 is 17.6 Å². The van der Waals surface area contributed by atoms with Gasteiger partial charge in [0.1, 0.15) is 0 Å². The number of hydrogen-bond acceptors (Lipinski definition) is 3. The van der Waals surface area contributed by atoms with Gasteiger partial charge in [-0.15, -0.1) is 0 Å². The minimum absolute atomic E-state index is 0.0203. The molecule has 1 aromatic carbocycles. The summed E-state index contributed by atoms with van der Waals surface area (Å²) in [4.78, 5) is 23.7. The third-order valence-corrected chi connectivity index (χ3v) is 4.44. The van der Waals surface area contributed by atoms with Crippen LogP contribution in [-0.2, 0) is 9.59 Å². The van der Waals surface area contributed by atoms with E-state index >= 15 is 0 Å². The van der Waals surface area contributed by atoms with Crippen LogP contribution in [0.25, 0.3) is 0 Å². The van der Waals surface area contributed by atoms with E-state index in [-0.39, 0.29) is 17.7 Å². The van der Waals surface area contributed by atoms with Crippen molar-refractivity contribution < 1.29 is 14.7 Å². The number of para-hydroxylation sites is 1. The first-order valence-corrected chi connectivity index (χ1v) is 6.83. The van der Waals surface area contributed by atoms with E-state index in [9.17, 15) is 14.7 Å². The summed E-state index contributed by atoms with van der Waals surface area (Å²) in [5.74, 6) is -2.59. The number of aliphatic carboxylic acids is 1. The average molecular weight is 270 g/mol. The van der Waals surface area contributed by atoms with Crippen LogP contribution in [-0.4, -0.2) is 11.9 Å². The first-order valence-electron chi connectivity index (χ1n) is 6.83. The molecule has 104 valence electrons. The predicted molar refractivity (Wildman–Crippen MR) is 72.5 cm³/mol. The molecule has 1 aromatic rings. The van der Waals surface area contributed by atoms with Crippen molar-refractivity contribution in [2.45, 2.75) is 13.3 Å². The lowest BCUT2D eigenvalue weighted by atomic mass is 9.82. The molecule has 0 radical (unpaired) electrons. The normalized spacial score (nSPS) is 30.4. The molecule has 1 amide bonds. The molecule has 3 rings (SSSR count). The Bertz CT molecular complexity index is 593. The summed E-state index contributed by atoms with van der Waals surface area (Å²) in [5.41, 5.74) is 1.70. The molecule has 0 aliphatic heterocycles. The van der Waals surface area contributed by atoms with E-state index in [0.717, 1.165) is 17.7 Å². The van der Waals surface area contributed by atoms with Gasteiger partial charge in [0.2, 0.25) is 5.91 Å². The number of carboxylic acid groups (broad SMARTS) is 1. The Labute approximate surface area is 117 Å². The topological polar surface area (TPSA) is 69.2 Å². The zero-order chi connectivity index (χ0) is 14.3. The second-order valence-corrected chi connectivity index (χ2v) is 5.62. The largest absolute Gasteiger partial charge is 0.550 e. The molecule has 0 heterocycles. The first-order chi connectivity index (χ1) is 9.58. The van der Waals surface area contributed by atoms with Crippen LogP contribution in [0.3, 0.4) is 0 Å². The number of anilines is 1. The number of carbonyl (C=O) groups excluding carboxylic acids is 2. The first kappa shape index (κ1) is 12.9. The second kappa shape index (κ2) is 4.78. The summed E-state index contributed by atoms with van der Waals surface area (Å²) < 4.78 is 0. The highest BCUT2D eigenvalue weighted by molar-refractivity contribution is 5.96. The van der Waals surface area contributed by atoms with Gasteiger partial charge in [-0.3, -0.25) is 4.79 Å². The van der Waals surface area contributed by atoms with Crippen LogP contribution in [0.1, 0.15) is 12.0 Å². The van der Waals surface area contributed by atoms with Crippen molar-refractivity contribution in [1.82, 2.24) is 0 Å². The minimum atomic E-state index is -1.12. The SMILES string of the molecule is Cc1ccccc1NC(=O)[C@H]1[C@@H](C(=O)[O-])[C@H]2C=C[C@@H]1C2. The monoisotopic (exact) mass is 270 g/mol. The maximum absolute atomic E-state index is 12.4. The summed E-state index contributed by atoms with van der Waals surface area (Å²) in [6.45, 7) is 1.91. The van der Waals surface area contributed by atoms with Crippen molar-refractivity contribution in [3.63, 3.8) is 0 Å². The fourth-order valence-electron chi connectivity index (χ4n) is 3.43. The predicted octanol–water partition coefficient (Wildman–Crippen LogP) is 1.12. The van der Waals surface area contributed by atoms with Gasteiger partial charge in [0.05, 0.1) is 5.92 Å². The number of benzene rings is 1. The number of allylic oxidation sites excluding steroid dienone is 2. The number of fused-ring (bicyclic) bond motifs is 2. The lowest BCUT2D eigenvalue weighted by molar-refractivity contribution is -0.313. The van der Waals surface area contributed by atoms with E-state index in [1.807, 2.05) is 43.3 Å². The van der Waals surface area contributed by atoms with Gasteiger partial charge >= 0.3 is 0 Å². The molecule has 1 N–H and O–H groups in total. The van der Waals surface area contributed by atoms with Crippen molar-refractivity contribution in [3.8, 4) is 0 Å².